The van der Waals surface area contributed by atoms with Crippen LogP contribution in [-0.4, -0.2) is 52.3 Å². The number of benzene rings is 1. The van der Waals surface area contributed by atoms with Crippen molar-refractivity contribution in [2.75, 3.05) is 19.7 Å². The van der Waals surface area contributed by atoms with Gasteiger partial charge in [0.1, 0.15) is 6.10 Å². The Morgan fingerprint density at radius 2 is 1.93 bits per heavy atom. The van der Waals surface area contributed by atoms with Crippen molar-refractivity contribution in [1.29, 1.82) is 0 Å². The third kappa shape index (κ3) is 4.90. The molecule has 2 aliphatic heterocycles. The van der Waals surface area contributed by atoms with E-state index in [1.54, 1.807) is 10.9 Å². The molecule has 0 bridgehead atoms. The number of amides is 2. The third-order valence-corrected chi connectivity index (χ3v) is 6.06. The van der Waals surface area contributed by atoms with Crippen LogP contribution in [0.25, 0.3) is 0 Å². The van der Waals surface area contributed by atoms with Crippen LogP contribution in [0.5, 0.6) is 0 Å². The van der Waals surface area contributed by atoms with E-state index >= 15 is 0 Å². The second-order valence-corrected chi connectivity index (χ2v) is 8.31. The number of likely N-dealkylation sites (tertiary alicyclic amines) is 1. The minimum Gasteiger partial charge on any atom is -0.368 e. The summed E-state index contributed by atoms with van der Waals surface area (Å²) < 4.78 is 7.25. The van der Waals surface area contributed by atoms with Gasteiger partial charge in [0.2, 0.25) is 0 Å². The van der Waals surface area contributed by atoms with Gasteiger partial charge in [0, 0.05) is 39.5 Å². The molecule has 1 aromatic carbocycles. The van der Waals surface area contributed by atoms with Crippen LogP contribution < -0.4 is 5.32 Å². The highest BCUT2D eigenvalue weighted by Gasteiger charge is 2.31. The summed E-state index contributed by atoms with van der Waals surface area (Å²) in [7, 11) is 1.85. The van der Waals surface area contributed by atoms with Gasteiger partial charge in [0.15, 0.2) is 0 Å². The second-order valence-electron chi connectivity index (χ2n) is 8.31. The molecular formula is C23H30N4O3. The van der Waals surface area contributed by atoms with E-state index in [1.165, 1.54) is 0 Å². The molecule has 7 nitrogen and oxygen atoms in total. The van der Waals surface area contributed by atoms with Crippen molar-refractivity contribution in [3.8, 4) is 0 Å². The third-order valence-electron chi connectivity index (χ3n) is 6.06. The number of hydrogen-bond acceptors (Lipinski definition) is 4. The standard InChI is InChI=1S/C23H30N4O3/c1-26-16-19(22(28)24-15-18-6-3-2-4-7-18)20(25-26)14-17-9-11-27(12-10-17)23(29)21-8-5-13-30-21/h2-4,6-7,16-17,21H,5,8-15H2,1H3,(H,24,28)/t21-/m1/s1. The van der Waals surface area contributed by atoms with Gasteiger partial charge in [0.25, 0.3) is 11.8 Å². The monoisotopic (exact) mass is 410 g/mol. The van der Waals surface area contributed by atoms with Gasteiger partial charge >= 0.3 is 0 Å². The number of nitrogens with one attached hydrogen (secondary N) is 1. The van der Waals surface area contributed by atoms with Crippen molar-refractivity contribution in [3.05, 3.63) is 53.3 Å². The van der Waals surface area contributed by atoms with E-state index in [1.807, 2.05) is 42.3 Å². The lowest BCUT2D eigenvalue weighted by Crippen LogP contribution is -2.44. The molecule has 0 radical (unpaired) electrons. The first-order valence-corrected chi connectivity index (χ1v) is 10.8. The summed E-state index contributed by atoms with van der Waals surface area (Å²) in [6.45, 7) is 2.71. The first kappa shape index (κ1) is 20.6. The fraction of sp³-hybridized carbons (Fsp3) is 0.522. The predicted molar refractivity (Wildman–Crippen MR) is 113 cm³/mol. The van der Waals surface area contributed by atoms with Crippen molar-refractivity contribution < 1.29 is 14.3 Å². The first-order chi connectivity index (χ1) is 14.6. The number of carbonyl (C=O) groups excluding carboxylic acids is 2. The average Bonchev–Trinajstić information content (AvgIpc) is 3.43. The molecule has 2 fully saturated rings. The van der Waals surface area contributed by atoms with Crippen LogP contribution in [0.3, 0.4) is 0 Å². The number of piperidine rings is 1. The second kappa shape index (κ2) is 9.43. The summed E-state index contributed by atoms with van der Waals surface area (Å²) in [5.74, 6) is 0.479. The largest absolute Gasteiger partial charge is 0.368 e. The molecule has 0 aliphatic carbocycles. The minimum absolute atomic E-state index is 0.0899. The lowest BCUT2D eigenvalue weighted by molar-refractivity contribution is -0.142. The summed E-state index contributed by atoms with van der Waals surface area (Å²) in [4.78, 5) is 27.2. The fourth-order valence-electron chi connectivity index (χ4n) is 4.36. The summed E-state index contributed by atoms with van der Waals surface area (Å²) >= 11 is 0. The number of ether oxygens (including phenoxy) is 1. The van der Waals surface area contributed by atoms with Crippen LogP contribution in [0.15, 0.2) is 36.5 Å². The Kier molecular flexibility index (Phi) is 6.47. The van der Waals surface area contributed by atoms with Crippen molar-refractivity contribution in [2.24, 2.45) is 13.0 Å². The fourth-order valence-corrected chi connectivity index (χ4v) is 4.36. The summed E-state index contributed by atoms with van der Waals surface area (Å²) in [5, 5.41) is 7.55. The molecule has 3 heterocycles. The highest BCUT2D eigenvalue weighted by Crippen LogP contribution is 2.25. The Labute approximate surface area is 177 Å². The van der Waals surface area contributed by atoms with Crippen LogP contribution in [0.4, 0.5) is 0 Å². The van der Waals surface area contributed by atoms with Crippen molar-refractivity contribution >= 4 is 11.8 Å². The highest BCUT2D eigenvalue weighted by atomic mass is 16.5. The van der Waals surface area contributed by atoms with E-state index < -0.39 is 0 Å². The molecule has 0 saturated carbocycles. The molecule has 2 aromatic rings. The molecule has 1 aromatic heterocycles. The van der Waals surface area contributed by atoms with Gasteiger partial charge < -0.3 is 15.0 Å². The minimum atomic E-state index is -0.239. The van der Waals surface area contributed by atoms with Gasteiger partial charge in [-0.15, -0.1) is 0 Å². The predicted octanol–water partition coefficient (Wildman–Crippen LogP) is 2.31. The van der Waals surface area contributed by atoms with E-state index in [0.717, 1.165) is 56.5 Å². The molecule has 0 spiro atoms. The van der Waals surface area contributed by atoms with Crippen molar-refractivity contribution in [3.63, 3.8) is 0 Å². The zero-order valence-corrected chi connectivity index (χ0v) is 17.5. The Morgan fingerprint density at radius 1 is 1.17 bits per heavy atom. The van der Waals surface area contributed by atoms with Crippen molar-refractivity contribution in [1.82, 2.24) is 20.0 Å². The van der Waals surface area contributed by atoms with Gasteiger partial charge in [-0.3, -0.25) is 14.3 Å². The maximum absolute atomic E-state index is 12.8. The highest BCUT2D eigenvalue weighted by molar-refractivity contribution is 5.95. The van der Waals surface area contributed by atoms with E-state index in [-0.39, 0.29) is 17.9 Å². The molecule has 2 saturated heterocycles. The maximum atomic E-state index is 12.8. The Balaban J connectivity index is 1.32. The smallest absolute Gasteiger partial charge is 0.255 e. The number of nitrogens with zero attached hydrogens (tertiary/aromatic N) is 3. The summed E-state index contributed by atoms with van der Waals surface area (Å²) in [6.07, 6.45) is 6.00. The van der Waals surface area contributed by atoms with Gasteiger partial charge in [0.05, 0.1) is 11.3 Å². The molecule has 30 heavy (non-hydrogen) atoms. The normalized spacial score (nSPS) is 19.8. The van der Waals surface area contributed by atoms with E-state index in [0.29, 0.717) is 24.6 Å². The molecule has 1 atom stereocenters. The average molecular weight is 411 g/mol. The Bertz CT molecular complexity index is 866. The van der Waals surface area contributed by atoms with E-state index in [2.05, 4.69) is 10.4 Å². The molecule has 160 valence electrons. The van der Waals surface area contributed by atoms with Gasteiger partial charge in [-0.1, -0.05) is 30.3 Å². The number of carbonyl (C=O) groups is 2. The lowest BCUT2D eigenvalue weighted by atomic mass is 9.91. The zero-order chi connectivity index (χ0) is 20.9. The van der Waals surface area contributed by atoms with Gasteiger partial charge in [-0.05, 0) is 43.6 Å². The Morgan fingerprint density at radius 3 is 2.63 bits per heavy atom. The number of hydrogen-bond donors (Lipinski definition) is 1. The lowest BCUT2D eigenvalue weighted by Gasteiger charge is -2.33. The van der Waals surface area contributed by atoms with Crippen LogP contribution in [0.1, 0.15) is 47.3 Å². The molecule has 0 unspecified atom stereocenters. The number of aryl methyl sites for hydroxylation is 1. The number of aromatic nitrogens is 2. The molecular weight excluding hydrogens is 380 g/mol. The SMILES string of the molecule is Cn1cc(C(=O)NCc2ccccc2)c(CC2CCN(C(=O)[C@H]3CCCO3)CC2)n1. The van der Waals surface area contributed by atoms with Gasteiger partial charge in [-0.25, -0.2) is 0 Å². The zero-order valence-electron chi connectivity index (χ0n) is 17.5. The molecule has 2 aliphatic rings. The maximum Gasteiger partial charge on any atom is 0.255 e. The van der Waals surface area contributed by atoms with Crippen LogP contribution >= 0.6 is 0 Å². The Hall–Kier alpha value is -2.67. The van der Waals surface area contributed by atoms with Crippen molar-refractivity contribution in [2.45, 2.75) is 44.8 Å². The first-order valence-electron chi connectivity index (χ1n) is 10.8. The van der Waals surface area contributed by atoms with Crippen LogP contribution in [0.2, 0.25) is 0 Å². The summed E-state index contributed by atoms with van der Waals surface area (Å²) in [5.41, 5.74) is 2.55. The molecule has 7 heteroatoms. The summed E-state index contributed by atoms with van der Waals surface area (Å²) in [6, 6.07) is 9.89. The topological polar surface area (TPSA) is 76.5 Å². The molecule has 2 amide bonds. The van der Waals surface area contributed by atoms with E-state index in [9.17, 15) is 9.59 Å². The van der Waals surface area contributed by atoms with Crippen LogP contribution in [-0.2, 0) is 29.5 Å². The van der Waals surface area contributed by atoms with Crippen LogP contribution in [0, 0.1) is 5.92 Å². The van der Waals surface area contributed by atoms with E-state index in [4.69, 9.17) is 4.74 Å². The quantitative estimate of drug-likeness (QED) is 0.793. The number of rotatable bonds is 6. The molecule has 1 N–H and O–H groups in total. The molecule has 4 rings (SSSR count). The van der Waals surface area contributed by atoms with Gasteiger partial charge in [-0.2, -0.15) is 5.10 Å².